The van der Waals surface area contributed by atoms with Gasteiger partial charge in [-0.05, 0) is 44.2 Å². The van der Waals surface area contributed by atoms with Crippen molar-refractivity contribution in [1.29, 1.82) is 5.26 Å². The minimum atomic E-state index is 0.502. The molecule has 1 atom stereocenters. The smallest absolute Gasteiger partial charge is 0.226 e. The number of pyridine rings is 1. The fourth-order valence-electron chi connectivity index (χ4n) is 4.06. The molecular weight excluding hydrogens is 462 g/mol. The first-order chi connectivity index (χ1) is 17.0. The Balaban J connectivity index is 0.000000179. The van der Waals surface area contributed by atoms with E-state index >= 15 is 0 Å². The molecule has 2 aliphatic rings. The Hall–Kier alpha value is -3.25. The zero-order chi connectivity index (χ0) is 24.6. The van der Waals surface area contributed by atoms with Gasteiger partial charge in [0.2, 0.25) is 5.95 Å². The largest absolute Gasteiger partial charge is 0.378 e. The molecule has 0 radical (unpaired) electrons. The zero-order valence-corrected chi connectivity index (χ0v) is 20.9. The number of morpholine rings is 1. The van der Waals surface area contributed by atoms with Crippen molar-refractivity contribution in [3.05, 3.63) is 64.9 Å². The third kappa shape index (κ3) is 6.67. The van der Waals surface area contributed by atoms with E-state index in [1.165, 1.54) is 0 Å². The monoisotopic (exact) mass is 491 g/mol. The van der Waals surface area contributed by atoms with Crippen LogP contribution in [0, 0.1) is 18.3 Å². The zero-order valence-electron chi connectivity index (χ0n) is 20.1. The molecule has 182 valence electrons. The quantitative estimate of drug-likeness (QED) is 0.593. The van der Waals surface area contributed by atoms with Crippen LogP contribution in [0.1, 0.15) is 18.2 Å². The molecule has 9 heteroatoms. The molecule has 2 aliphatic heterocycles. The molecule has 35 heavy (non-hydrogen) atoms. The topological polar surface area (TPSA) is 90.2 Å². The van der Waals surface area contributed by atoms with E-state index in [-0.39, 0.29) is 0 Å². The van der Waals surface area contributed by atoms with Crippen LogP contribution in [-0.4, -0.2) is 66.9 Å². The van der Waals surface area contributed by atoms with Gasteiger partial charge in [0.15, 0.2) is 0 Å². The second-order valence-electron chi connectivity index (χ2n) is 8.59. The van der Waals surface area contributed by atoms with E-state index < -0.39 is 0 Å². The molecule has 2 aromatic heterocycles. The van der Waals surface area contributed by atoms with E-state index in [9.17, 15) is 0 Å². The van der Waals surface area contributed by atoms with Crippen molar-refractivity contribution < 1.29 is 4.74 Å². The molecule has 8 nitrogen and oxygen atoms in total. The van der Waals surface area contributed by atoms with Crippen molar-refractivity contribution in [1.82, 2.24) is 20.3 Å². The Morgan fingerprint density at radius 1 is 1.09 bits per heavy atom. The predicted octanol–water partition coefficient (Wildman–Crippen LogP) is 3.69. The van der Waals surface area contributed by atoms with Crippen LogP contribution >= 0.6 is 11.6 Å². The maximum atomic E-state index is 8.86. The van der Waals surface area contributed by atoms with Crippen LogP contribution in [0.4, 0.5) is 11.8 Å². The maximum Gasteiger partial charge on any atom is 0.226 e. The third-order valence-corrected chi connectivity index (χ3v) is 6.15. The van der Waals surface area contributed by atoms with Crippen molar-refractivity contribution in [3.63, 3.8) is 0 Å². The van der Waals surface area contributed by atoms with Crippen molar-refractivity contribution >= 4 is 23.4 Å². The summed E-state index contributed by atoms with van der Waals surface area (Å²) in [5, 5.41) is 13.0. The van der Waals surface area contributed by atoms with Crippen molar-refractivity contribution in [2.75, 3.05) is 55.7 Å². The van der Waals surface area contributed by atoms with E-state index in [0.717, 1.165) is 66.5 Å². The highest BCUT2D eigenvalue weighted by molar-refractivity contribution is 6.32. The van der Waals surface area contributed by atoms with Gasteiger partial charge >= 0.3 is 0 Å². The summed E-state index contributed by atoms with van der Waals surface area (Å²) in [6.45, 7) is 10.1. The molecule has 0 spiro atoms. The van der Waals surface area contributed by atoms with Gasteiger partial charge in [0.1, 0.15) is 5.82 Å². The summed E-state index contributed by atoms with van der Waals surface area (Å²) in [5.41, 5.74) is 3.46. The summed E-state index contributed by atoms with van der Waals surface area (Å²) in [6.07, 6.45) is 1.79. The average molecular weight is 492 g/mol. The highest BCUT2D eigenvalue weighted by Gasteiger charge is 2.18. The van der Waals surface area contributed by atoms with Gasteiger partial charge in [-0.1, -0.05) is 23.7 Å². The minimum Gasteiger partial charge on any atom is -0.378 e. The maximum absolute atomic E-state index is 8.86. The Morgan fingerprint density at radius 2 is 1.86 bits per heavy atom. The van der Waals surface area contributed by atoms with Gasteiger partial charge in [-0.15, -0.1) is 0 Å². The fraction of sp³-hybridized carbons (Fsp3) is 0.385. The predicted molar refractivity (Wildman–Crippen MR) is 139 cm³/mol. The number of aryl methyl sites for hydroxylation is 1. The van der Waals surface area contributed by atoms with Crippen LogP contribution in [0.25, 0.3) is 11.3 Å². The van der Waals surface area contributed by atoms with Crippen molar-refractivity contribution in [2.24, 2.45) is 0 Å². The van der Waals surface area contributed by atoms with Gasteiger partial charge in [0, 0.05) is 56.2 Å². The Kier molecular flexibility index (Phi) is 8.48. The van der Waals surface area contributed by atoms with Gasteiger partial charge in [-0.2, -0.15) is 5.26 Å². The number of halogens is 1. The number of nitrogens with zero attached hydrogens (tertiary/aromatic N) is 6. The van der Waals surface area contributed by atoms with Gasteiger partial charge in [0.05, 0.1) is 35.6 Å². The number of aromatic nitrogens is 3. The Bertz CT molecular complexity index is 1160. The Morgan fingerprint density at radius 3 is 2.54 bits per heavy atom. The third-order valence-electron chi connectivity index (χ3n) is 5.85. The molecular formula is C26H30ClN7O. The lowest BCUT2D eigenvalue weighted by Gasteiger charge is -2.33. The molecule has 1 aromatic carbocycles. The first-order valence-electron chi connectivity index (χ1n) is 11.8. The standard InChI is InChI=1S/C16H16N4O.C10H14ClN3/c1-12-10-15(14-4-2-13(11-17)3-5-14)19-16(18-12)20-6-8-21-9-7-20;1-8-7-14(6-5-12-8)10-9(11)3-2-4-13-10/h2-5,10H,6-9H2,1H3;2-4,8,12H,5-7H2,1H3. The molecule has 2 saturated heterocycles. The van der Waals surface area contributed by atoms with Gasteiger partial charge in [-0.3, -0.25) is 0 Å². The van der Waals surface area contributed by atoms with Crippen LogP contribution < -0.4 is 15.1 Å². The molecule has 5 rings (SSSR count). The lowest BCUT2D eigenvalue weighted by molar-refractivity contribution is 0.122. The molecule has 1 unspecified atom stereocenters. The number of hydrogen-bond acceptors (Lipinski definition) is 8. The van der Waals surface area contributed by atoms with Gasteiger partial charge < -0.3 is 19.9 Å². The van der Waals surface area contributed by atoms with Gasteiger partial charge in [-0.25, -0.2) is 15.0 Å². The minimum absolute atomic E-state index is 0.502. The molecule has 0 aliphatic carbocycles. The van der Waals surface area contributed by atoms with Gasteiger partial charge in [0.25, 0.3) is 0 Å². The normalized spacial score (nSPS) is 17.8. The van der Waals surface area contributed by atoms with E-state index in [2.05, 4.69) is 43.1 Å². The first kappa shape index (κ1) is 24.9. The summed E-state index contributed by atoms with van der Waals surface area (Å²) in [4.78, 5) is 17.9. The number of nitriles is 1. The van der Waals surface area contributed by atoms with E-state index in [1.54, 1.807) is 18.3 Å². The lowest BCUT2D eigenvalue weighted by atomic mass is 10.1. The second-order valence-corrected chi connectivity index (χ2v) is 9.00. The summed E-state index contributed by atoms with van der Waals surface area (Å²) in [7, 11) is 0. The number of ether oxygens (including phenoxy) is 1. The van der Waals surface area contributed by atoms with E-state index in [0.29, 0.717) is 24.8 Å². The number of piperazine rings is 1. The van der Waals surface area contributed by atoms with Crippen LogP contribution in [0.5, 0.6) is 0 Å². The summed E-state index contributed by atoms with van der Waals surface area (Å²) >= 11 is 6.08. The Labute approximate surface area is 211 Å². The number of hydrogen-bond donors (Lipinski definition) is 1. The number of benzene rings is 1. The fourth-order valence-corrected chi connectivity index (χ4v) is 4.30. The summed E-state index contributed by atoms with van der Waals surface area (Å²) < 4.78 is 5.36. The average Bonchev–Trinajstić information content (AvgIpc) is 2.89. The first-order valence-corrected chi connectivity index (χ1v) is 12.2. The highest BCUT2D eigenvalue weighted by atomic mass is 35.5. The van der Waals surface area contributed by atoms with Crippen LogP contribution in [0.3, 0.4) is 0 Å². The summed E-state index contributed by atoms with van der Waals surface area (Å²) in [5.74, 6) is 1.65. The van der Waals surface area contributed by atoms with Crippen LogP contribution in [0.2, 0.25) is 5.02 Å². The molecule has 1 N–H and O–H groups in total. The van der Waals surface area contributed by atoms with E-state index in [1.807, 2.05) is 37.3 Å². The van der Waals surface area contributed by atoms with E-state index in [4.69, 9.17) is 21.6 Å². The molecule has 0 bridgehead atoms. The number of nitrogens with one attached hydrogen (secondary N) is 1. The molecule has 0 amide bonds. The SMILES string of the molecule is CC1CN(c2ncccc2Cl)CCN1.Cc1cc(-c2ccc(C#N)cc2)nc(N2CCOCC2)n1. The number of rotatable bonds is 3. The highest BCUT2D eigenvalue weighted by Crippen LogP contribution is 2.23. The second kappa shape index (κ2) is 11.9. The van der Waals surface area contributed by atoms with Crippen molar-refractivity contribution in [2.45, 2.75) is 19.9 Å². The van der Waals surface area contributed by atoms with Crippen LogP contribution in [-0.2, 0) is 4.74 Å². The molecule has 2 fully saturated rings. The molecule has 3 aromatic rings. The molecule has 0 saturated carbocycles. The van der Waals surface area contributed by atoms with Crippen LogP contribution in [0.15, 0.2) is 48.7 Å². The number of anilines is 2. The van der Waals surface area contributed by atoms with Crippen molar-refractivity contribution in [3.8, 4) is 17.3 Å². The summed E-state index contributed by atoms with van der Waals surface area (Å²) in [6, 6.07) is 15.8. The molecule has 4 heterocycles. The lowest BCUT2D eigenvalue weighted by Crippen LogP contribution is -2.49.